The first-order valence-corrected chi connectivity index (χ1v) is 11.7. The van der Waals surface area contributed by atoms with E-state index in [-0.39, 0.29) is 24.4 Å². The standard InChI is InChI=1S/C27H35N3O4/c1-18-13-19(2)15-21(14-18)24(25(32)28-16-20-9-7-6-8-10-20)30(22-11-12-22)23(31)17-29-26(33)34-27(3,4)5/h6-10,13-15,22,24H,11-12,16-17H2,1-5H3,(H,28,32)(H,29,33). The van der Waals surface area contributed by atoms with Gasteiger partial charge in [0.05, 0.1) is 0 Å². The van der Waals surface area contributed by atoms with E-state index in [9.17, 15) is 14.4 Å². The van der Waals surface area contributed by atoms with Gasteiger partial charge in [0.1, 0.15) is 18.2 Å². The van der Waals surface area contributed by atoms with Crippen molar-refractivity contribution in [2.24, 2.45) is 0 Å². The van der Waals surface area contributed by atoms with E-state index >= 15 is 0 Å². The van der Waals surface area contributed by atoms with Crippen molar-refractivity contribution < 1.29 is 19.1 Å². The Labute approximate surface area is 201 Å². The van der Waals surface area contributed by atoms with Crippen molar-refractivity contribution in [2.75, 3.05) is 6.54 Å². The van der Waals surface area contributed by atoms with Crippen molar-refractivity contribution in [3.05, 3.63) is 70.8 Å². The third-order valence-corrected chi connectivity index (χ3v) is 5.41. The highest BCUT2D eigenvalue weighted by Crippen LogP contribution is 2.35. The summed E-state index contributed by atoms with van der Waals surface area (Å²) < 4.78 is 5.26. The molecule has 182 valence electrons. The van der Waals surface area contributed by atoms with Crippen LogP contribution in [0.1, 0.15) is 61.9 Å². The summed E-state index contributed by atoms with van der Waals surface area (Å²) in [4.78, 5) is 40.6. The number of aryl methyl sites for hydroxylation is 2. The Morgan fingerprint density at radius 2 is 1.62 bits per heavy atom. The maximum Gasteiger partial charge on any atom is 0.408 e. The number of rotatable bonds is 8. The highest BCUT2D eigenvalue weighted by atomic mass is 16.6. The van der Waals surface area contributed by atoms with E-state index in [0.29, 0.717) is 6.54 Å². The average Bonchev–Trinajstić information content (AvgIpc) is 3.58. The molecule has 0 heterocycles. The number of hydrogen-bond donors (Lipinski definition) is 2. The van der Waals surface area contributed by atoms with Gasteiger partial charge in [-0.2, -0.15) is 0 Å². The Morgan fingerprint density at radius 3 is 2.18 bits per heavy atom. The lowest BCUT2D eigenvalue weighted by Crippen LogP contribution is -2.48. The summed E-state index contributed by atoms with van der Waals surface area (Å²) in [6, 6.07) is 14.8. The minimum atomic E-state index is -0.789. The van der Waals surface area contributed by atoms with Crippen LogP contribution in [0.4, 0.5) is 4.79 Å². The van der Waals surface area contributed by atoms with Gasteiger partial charge in [-0.05, 0) is 58.6 Å². The van der Waals surface area contributed by atoms with Crippen LogP contribution in [0.15, 0.2) is 48.5 Å². The molecular weight excluding hydrogens is 430 g/mol. The second kappa shape index (κ2) is 10.7. The first-order chi connectivity index (χ1) is 16.0. The van der Waals surface area contributed by atoms with Gasteiger partial charge in [0.15, 0.2) is 0 Å². The zero-order chi connectivity index (χ0) is 24.9. The van der Waals surface area contributed by atoms with Crippen LogP contribution in [0.2, 0.25) is 0 Å². The summed E-state index contributed by atoms with van der Waals surface area (Å²) in [6.07, 6.45) is 0.990. The monoisotopic (exact) mass is 465 g/mol. The number of nitrogens with zero attached hydrogens (tertiary/aromatic N) is 1. The fourth-order valence-corrected chi connectivity index (χ4v) is 3.95. The highest BCUT2D eigenvalue weighted by Gasteiger charge is 2.41. The van der Waals surface area contributed by atoms with Crippen LogP contribution in [0, 0.1) is 13.8 Å². The summed E-state index contributed by atoms with van der Waals surface area (Å²) in [7, 11) is 0. The smallest absolute Gasteiger partial charge is 0.408 e. The van der Waals surface area contributed by atoms with E-state index < -0.39 is 17.7 Å². The molecule has 3 rings (SSSR count). The predicted molar refractivity (Wildman–Crippen MR) is 131 cm³/mol. The van der Waals surface area contributed by atoms with E-state index in [2.05, 4.69) is 10.6 Å². The summed E-state index contributed by atoms with van der Waals surface area (Å²) in [6.45, 7) is 9.36. The van der Waals surface area contributed by atoms with Crippen molar-refractivity contribution in [1.82, 2.24) is 15.5 Å². The van der Waals surface area contributed by atoms with Gasteiger partial charge in [0.25, 0.3) is 0 Å². The molecule has 0 aromatic heterocycles. The Balaban J connectivity index is 1.83. The summed E-state index contributed by atoms with van der Waals surface area (Å²) in [5.74, 6) is -0.557. The van der Waals surface area contributed by atoms with Crippen LogP contribution < -0.4 is 10.6 Å². The number of ether oxygens (including phenoxy) is 1. The number of benzene rings is 2. The Bertz CT molecular complexity index is 1010. The van der Waals surface area contributed by atoms with Crippen LogP contribution in [0.3, 0.4) is 0 Å². The molecule has 0 spiro atoms. The Kier molecular flexibility index (Phi) is 7.97. The Hall–Kier alpha value is -3.35. The van der Waals surface area contributed by atoms with Gasteiger partial charge in [-0.1, -0.05) is 59.7 Å². The molecule has 1 aliphatic carbocycles. The molecule has 7 nitrogen and oxygen atoms in total. The molecule has 2 N–H and O–H groups in total. The number of carbonyl (C=O) groups is 3. The molecule has 1 fully saturated rings. The number of nitrogens with one attached hydrogen (secondary N) is 2. The van der Waals surface area contributed by atoms with Gasteiger partial charge >= 0.3 is 6.09 Å². The third-order valence-electron chi connectivity index (χ3n) is 5.41. The highest BCUT2D eigenvalue weighted by molar-refractivity contribution is 5.91. The van der Waals surface area contributed by atoms with Crippen molar-refractivity contribution >= 4 is 17.9 Å². The molecule has 0 aliphatic heterocycles. The van der Waals surface area contributed by atoms with E-state index in [0.717, 1.165) is 35.1 Å². The molecule has 3 amide bonds. The van der Waals surface area contributed by atoms with Gasteiger partial charge in [-0.15, -0.1) is 0 Å². The van der Waals surface area contributed by atoms with Gasteiger partial charge in [-0.25, -0.2) is 4.79 Å². The van der Waals surface area contributed by atoms with Gasteiger partial charge in [0, 0.05) is 12.6 Å². The third kappa shape index (κ3) is 7.33. The topological polar surface area (TPSA) is 87.7 Å². The molecule has 1 aliphatic rings. The van der Waals surface area contributed by atoms with Crippen LogP contribution >= 0.6 is 0 Å². The minimum Gasteiger partial charge on any atom is -0.444 e. The van der Waals surface area contributed by atoms with Gasteiger partial charge < -0.3 is 20.3 Å². The van der Waals surface area contributed by atoms with Crippen LogP contribution in [-0.4, -0.2) is 41.0 Å². The minimum absolute atomic E-state index is 0.0405. The molecule has 2 aromatic carbocycles. The van der Waals surface area contributed by atoms with E-state index in [1.165, 1.54) is 0 Å². The molecule has 34 heavy (non-hydrogen) atoms. The molecule has 0 bridgehead atoms. The predicted octanol–water partition coefficient (Wildman–Crippen LogP) is 4.18. The molecule has 1 saturated carbocycles. The second-order valence-corrected chi connectivity index (χ2v) is 9.91. The zero-order valence-electron chi connectivity index (χ0n) is 20.7. The van der Waals surface area contributed by atoms with Crippen molar-refractivity contribution in [1.29, 1.82) is 0 Å². The summed E-state index contributed by atoms with van der Waals surface area (Å²) >= 11 is 0. The Morgan fingerprint density at radius 1 is 1.00 bits per heavy atom. The maximum atomic E-state index is 13.5. The van der Waals surface area contributed by atoms with Crippen molar-refractivity contribution in [3.8, 4) is 0 Å². The van der Waals surface area contributed by atoms with E-state index in [1.54, 1.807) is 25.7 Å². The summed E-state index contributed by atoms with van der Waals surface area (Å²) in [5, 5.41) is 5.55. The lowest BCUT2D eigenvalue weighted by Gasteiger charge is -2.32. The van der Waals surface area contributed by atoms with Gasteiger partial charge in [-0.3, -0.25) is 9.59 Å². The zero-order valence-corrected chi connectivity index (χ0v) is 20.7. The first kappa shape index (κ1) is 25.3. The fraction of sp³-hybridized carbons (Fsp3) is 0.444. The lowest BCUT2D eigenvalue weighted by atomic mass is 9.98. The van der Waals surface area contributed by atoms with E-state index in [1.807, 2.05) is 62.4 Å². The fourth-order valence-electron chi connectivity index (χ4n) is 3.95. The van der Waals surface area contributed by atoms with Gasteiger partial charge in [0.2, 0.25) is 11.8 Å². The van der Waals surface area contributed by atoms with Crippen molar-refractivity contribution in [2.45, 2.75) is 71.7 Å². The van der Waals surface area contributed by atoms with Crippen molar-refractivity contribution in [3.63, 3.8) is 0 Å². The molecule has 0 radical (unpaired) electrons. The molecular formula is C27H35N3O4. The molecule has 1 atom stereocenters. The number of alkyl carbamates (subject to hydrolysis) is 1. The summed E-state index contributed by atoms with van der Waals surface area (Å²) in [5.41, 5.74) is 3.12. The maximum absolute atomic E-state index is 13.5. The normalized spacial score (nSPS) is 14.1. The van der Waals surface area contributed by atoms with E-state index in [4.69, 9.17) is 4.74 Å². The molecule has 1 unspecified atom stereocenters. The molecule has 0 saturated heterocycles. The first-order valence-electron chi connectivity index (χ1n) is 11.7. The quantitative estimate of drug-likeness (QED) is 0.612. The van der Waals surface area contributed by atoms with Crippen LogP contribution in [0.25, 0.3) is 0 Å². The number of hydrogen-bond acceptors (Lipinski definition) is 4. The molecule has 2 aromatic rings. The number of carbonyl (C=O) groups excluding carboxylic acids is 3. The SMILES string of the molecule is Cc1cc(C)cc(C(C(=O)NCc2ccccc2)N(C(=O)CNC(=O)OC(C)(C)C)C2CC2)c1. The van der Waals surface area contributed by atoms with Crippen LogP contribution in [0.5, 0.6) is 0 Å². The second-order valence-electron chi connectivity index (χ2n) is 9.91. The lowest BCUT2D eigenvalue weighted by molar-refractivity contribution is -0.141. The largest absolute Gasteiger partial charge is 0.444 e. The number of amides is 3. The molecule has 7 heteroatoms. The van der Waals surface area contributed by atoms with Crippen LogP contribution in [-0.2, 0) is 20.9 Å². The average molecular weight is 466 g/mol.